The van der Waals surface area contributed by atoms with Gasteiger partial charge in [0.1, 0.15) is 4.90 Å². The Kier molecular flexibility index (Phi) is 5.15. The second-order valence-corrected chi connectivity index (χ2v) is 6.99. The maximum Gasteiger partial charge on any atom is 0.271 e. The van der Waals surface area contributed by atoms with Gasteiger partial charge >= 0.3 is 0 Å². The van der Waals surface area contributed by atoms with Crippen molar-refractivity contribution in [1.82, 2.24) is 10.0 Å². The SMILES string of the molecule is O=[N+]([O-])c1ccc(S(=O)(=O)NCCC2CCCN2)c(Cl)c1. The van der Waals surface area contributed by atoms with Crippen LogP contribution in [0.4, 0.5) is 5.69 Å². The molecule has 1 saturated heterocycles. The summed E-state index contributed by atoms with van der Waals surface area (Å²) >= 11 is 5.83. The molecule has 2 N–H and O–H groups in total. The molecular weight excluding hydrogens is 318 g/mol. The van der Waals surface area contributed by atoms with Crippen LogP contribution >= 0.6 is 11.6 Å². The zero-order valence-corrected chi connectivity index (χ0v) is 12.8. The van der Waals surface area contributed by atoms with Crippen molar-refractivity contribution in [1.29, 1.82) is 0 Å². The smallest absolute Gasteiger partial charge is 0.271 e. The molecule has 1 aliphatic heterocycles. The van der Waals surface area contributed by atoms with E-state index in [2.05, 4.69) is 10.0 Å². The van der Waals surface area contributed by atoms with Crippen molar-refractivity contribution >= 4 is 27.3 Å². The average Bonchev–Trinajstić information content (AvgIpc) is 2.91. The summed E-state index contributed by atoms with van der Waals surface area (Å²) in [6, 6.07) is 3.64. The highest BCUT2D eigenvalue weighted by Gasteiger charge is 2.21. The topological polar surface area (TPSA) is 101 Å². The van der Waals surface area contributed by atoms with Gasteiger partial charge in [-0.1, -0.05) is 11.6 Å². The lowest BCUT2D eigenvalue weighted by molar-refractivity contribution is -0.384. The summed E-state index contributed by atoms with van der Waals surface area (Å²) in [6.45, 7) is 1.26. The van der Waals surface area contributed by atoms with E-state index in [0.717, 1.165) is 37.6 Å². The molecule has 0 radical (unpaired) electrons. The number of nitrogens with one attached hydrogen (secondary N) is 2. The van der Waals surface area contributed by atoms with Gasteiger partial charge in [0, 0.05) is 24.7 Å². The minimum atomic E-state index is -3.76. The number of non-ortho nitro benzene ring substituents is 1. The summed E-state index contributed by atoms with van der Waals surface area (Å²) < 4.78 is 26.7. The van der Waals surface area contributed by atoms with Gasteiger partial charge in [0.2, 0.25) is 10.0 Å². The highest BCUT2D eigenvalue weighted by atomic mass is 35.5. The molecule has 0 amide bonds. The number of hydrogen-bond acceptors (Lipinski definition) is 5. The molecule has 0 bridgehead atoms. The maximum atomic E-state index is 12.1. The Balaban J connectivity index is 2.03. The normalized spacial score (nSPS) is 18.8. The highest BCUT2D eigenvalue weighted by Crippen LogP contribution is 2.26. The maximum absolute atomic E-state index is 12.1. The van der Waals surface area contributed by atoms with Crippen molar-refractivity contribution < 1.29 is 13.3 Å². The third kappa shape index (κ3) is 4.13. The van der Waals surface area contributed by atoms with Crippen LogP contribution in [-0.4, -0.2) is 32.5 Å². The summed E-state index contributed by atoms with van der Waals surface area (Å²) in [5.74, 6) is 0. The molecule has 21 heavy (non-hydrogen) atoms. The molecule has 0 saturated carbocycles. The summed E-state index contributed by atoms with van der Waals surface area (Å²) in [7, 11) is -3.76. The molecule has 116 valence electrons. The molecule has 1 heterocycles. The third-order valence-electron chi connectivity index (χ3n) is 3.36. The van der Waals surface area contributed by atoms with Crippen molar-refractivity contribution in [3.63, 3.8) is 0 Å². The number of halogens is 1. The van der Waals surface area contributed by atoms with Crippen LogP contribution in [0.2, 0.25) is 5.02 Å². The zero-order chi connectivity index (χ0) is 15.5. The molecule has 0 spiro atoms. The van der Waals surface area contributed by atoms with E-state index in [1.165, 1.54) is 0 Å². The van der Waals surface area contributed by atoms with Crippen LogP contribution in [0.3, 0.4) is 0 Å². The first kappa shape index (κ1) is 16.2. The fourth-order valence-corrected chi connectivity index (χ4v) is 3.85. The second kappa shape index (κ2) is 6.69. The molecule has 1 aromatic carbocycles. The van der Waals surface area contributed by atoms with Crippen LogP contribution in [0.25, 0.3) is 0 Å². The lowest BCUT2D eigenvalue weighted by atomic mass is 10.2. The van der Waals surface area contributed by atoms with Gasteiger partial charge in [-0.3, -0.25) is 10.1 Å². The summed E-state index contributed by atoms with van der Waals surface area (Å²) in [5.41, 5.74) is -0.242. The van der Waals surface area contributed by atoms with Crippen molar-refractivity contribution in [2.45, 2.75) is 30.2 Å². The number of rotatable bonds is 6. The van der Waals surface area contributed by atoms with Crippen LogP contribution in [0, 0.1) is 10.1 Å². The van der Waals surface area contributed by atoms with Crippen molar-refractivity contribution in [2.75, 3.05) is 13.1 Å². The lowest BCUT2D eigenvalue weighted by Crippen LogP contribution is -2.30. The van der Waals surface area contributed by atoms with Crippen LogP contribution < -0.4 is 10.0 Å². The average molecular weight is 334 g/mol. The second-order valence-electron chi connectivity index (χ2n) is 4.85. The van der Waals surface area contributed by atoms with E-state index in [0.29, 0.717) is 19.0 Å². The monoisotopic (exact) mass is 333 g/mol. The van der Waals surface area contributed by atoms with Gasteiger partial charge in [-0.15, -0.1) is 0 Å². The van der Waals surface area contributed by atoms with E-state index in [4.69, 9.17) is 11.6 Å². The van der Waals surface area contributed by atoms with Gasteiger partial charge in [-0.2, -0.15) is 0 Å². The van der Waals surface area contributed by atoms with Crippen LogP contribution in [0.15, 0.2) is 23.1 Å². The number of hydrogen-bond donors (Lipinski definition) is 2. The number of nitro groups is 1. The zero-order valence-electron chi connectivity index (χ0n) is 11.2. The van der Waals surface area contributed by atoms with E-state index in [1.807, 2.05) is 0 Å². The van der Waals surface area contributed by atoms with Crippen molar-refractivity contribution in [2.24, 2.45) is 0 Å². The fourth-order valence-electron chi connectivity index (χ4n) is 2.27. The molecule has 1 unspecified atom stereocenters. The lowest BCUT2D eigenvalue weighted by Gasteiger charge is -2.11. The van der Waals surface area contributed by atoms with Gasteiger partial charge in [0.25, 0.3) is 5.69 Å². The number of sulfonamides is 1. The van der Waals surface area contributed by atoms with E-state index < -0.39 is 14.9 Å². The molecular formula is C12H16ClN3O4S. The number of benzene rings is 1. The Morgan fingerprint density at radius 1 is 1.48 bits per heavy atom. The minimum absolute atomic E-state index is 0.144. The van der Waals surface area contributed by atoms with Crippen LogP contribution in [0.5, 0.6) is 0 Å². The van der Waals surface area contributed by atoms with Gasteiger partial charge in [0.05, 0.1) is 9.95 Å². The molecule has 0 aromatic heterocycles. The van der Waals surface area contributed by atoms with E-state index >= 15 is 0 Å². The predicted octanol–water partition coefficient (Wildman–Crippen LogP) is 1.67. The molecule has 2 rings (SSSR count). The minimum Gasteiger partial charge on any atom is -0.314 e. The molecule has 1 aromatic rings. The molecule has 1 atom stereocenters. The van der Waals surface area contributed by atoms with E-state index in [-0.39, 0.29) is 15.6 Å². The molecule has 9 heteroatoms. The largest absolute Gasteiger partial charge is 0.314 e. The standard InChI is InChI=1S/C12H16ClN3O4S/c13-11-8-10(16(17)18)3-4-12(11)21(19,20)15-7-5-9-2-1-6-14-9/h3-4,8-9,14-15H,1-2,5-7H2. The van der Waals surface area contributed by atoms with E-state index in [1.54, 1.807) is 0 Å². The Hall–Kier alpha value is -1.22. The van der Waals surface area contributed by atoms with Gasteiger partial charge in [-0.05, 0) is 31.9 Å². The Morgan fingerprint density at radius 2 is 2.24 bits per heavy atom. The van der Waals surface area contributed by atoms with Gasteiger partial charge in [0.15, 0.2) is 0 Å². The predicted molar refractivity (Wildman–Crippen MR) is 78.9 cm³/mol. The first-order chi connectivity index (χ1) is 9.90. The first-order valence-electron chi connectivity index (χ1n) is 6.57. The van der Waals surface area contributed by atoms with Gasteiger partial charge in [-0.25, -0.2) is 13.1 Å². The molecule has 0 aliphatic carbocycles. The number of nitro benzene ring substituents is 1. The quantitative estimate of drug-likeness (QED) is 0.609. The van der Waals surface area contributed by atoms with Gasteiger partial charge < -0.3 is 5.32 Å². The Bertz CT molecular complexity index is 629. The van der Waals surface area contributed by atoms with E-state index in [9.17, 15) is 18.5 Å². The van der Waals surface area contributed by atoms with Crippen LogP contribution in [-0.2, 0) is 10.0 Å². The summed E-state index contributed by atoms with van der Waals surface area (Å²) in [5, 5.41) is 13.7. The number of nitrogens with zero attached hydrogens (tertiary/aromatic N) is 1. The first-order valence-corrected chi connectivity index (χ1v) is 8.43. The molecule has 7 nitrogen and oxygen atoms in total. The Labute approximate surface area is 127 Å². The van der Waals surface area contributed by atoms with Crippen LogP contribution in [0.1, 0.15) is 19.3 Å². The molecule has 1 fully saturated rings. The summed E-state index contributed by atoms with van der Waals surface area (Å²) in [6.07, 6.45) is 2.84. The molecule has 1 aliphatic rings. The Morgan fingerprint density at radius 3 is 2.81 bits per heavy atom. The van der Waals surface area contributed by atoms with Crippen molar-refractivity contribution in [3.8, 4) is 0 Å². The van der Waals surface area contributed by atoms with Crippen molar-refractivity contribution in [3.05, 3.63) is 33.3 Å². The third-order valence-corrected chi connectivity index (χ3v) is 5.31. The summed E-state index contributed by atoms with van der Waals surface area (Å²) in [4.78, 5) is 9.84. The fraction of sp³-hybridized carbons (Fsp3) is 0.500. The highest BCUT2D eigenvalue weighted by molar-refractivity contribution is 7.89.